The first-order chi connectivity index (χ1) is 20.0. The lowest BCUT2D eigenvalue weighted by Gasteiger charge is -2.35. The van der Waals surface area contributed by atoms with E-state index in [1.807, 2.05) is 18.2 Å². The molecule has 0 radical (unpaired) electrons. The Balaban J connectivity index is 1.10. The van der Waals surface area contributed by atoms with Crippen molar-refractivity contribution in [3.05, 3.63) is 82.6 Å². The average molecular weight is 558 g/mol. The van der Waals surface area contributed by atoms with Gasteiger partial charge >= 0.3 is 5.97 Å². The number of nitriles is 1. The fraction of sp³-hybridized carbons (Fsp3) is 0.345. The molecule has 1 aromatic carbocycles. The van der Waals surface area contributed by atoms with E-state index in [4.69, 9.17) is 19.8 Å². The molecule has 0 spiro atoms. The summed E-state index contributed by atoms with van der Waals surface area (Å²) < 4.78 is 27.3. The Bertz CT molecular complexity index is 1620. The molecule has 11 nitrogen and oxygen atoms in total. The van der Waals surface area contributed by atoms with Gasteiger partial charge in [-0.15, -0.1) is 0 Å². The highest BCUT2D eigenvalue weighted by Crippen LogP contribution is 2.25. The van der Waals surface area contributed by atoms with Gasteiger partial charge in [-0.2, -0.15) is 15.3 Å². The quantitative estimate of drug-likeness (QED) is 0.328. The van der Waals surface area contributed by atoms with E-state index in [1.165, 1.54) is 12.1 Å². The summed E-state index contributed by atoms with van der Waals surface area (Å²) in [4.78, 5) is 25.0. The van der Waals surface area contributed by atoms with E-state index in [-0.39, 0.29) is 24.0 Å². The first-order valence-electron chi connectivity index (χ1n) is 13.4. The molecule has 1 N–H and O–H groups in total. The van der Waals surface area contributed by atoms with Crippen molar-refractivity contribution in [2.24, 2.45) is 0 Å². The van der Waals surface area contributed by atoms with Crippen molar-refractivity contribution in [2.45, 2.75) is 32.1 Å². The summed E-state index contributed by atoms with van der Waals surface area (Å²) in [5.74, 6) is -0.372. The van der Waals surface area contributed by atoms with Crippen molar-refractivity contribution in [3.8, 4) is 11.9 Å². The number of hydrogen-bond acceptors (Lipinski definition) is 9. The van der Waals surface area contributed by atoms with Gasteiger partial charge in [-0.1, -0.05) is 12.1 Å². The Hall–Kier alpha value is -4.60. The van der Waals surface area contributed by atoms with E-state index < -0.39 is 11.8 Å². The smallest absolute Gasteiger partial charge is 0.354 e. The third-order valence-electron chi connectivity index (χ3n) is 7.44. The van der Waals surface area contributed by atoms with Crippen LogP contribution in [0.25, 0.3) is 5.65 Å². The van der Waals surface area contributed by atoms with Crippen LogP contribution in [0, 0.1) is 17.1 Å². The van der Waals surface area contributed by atoms with Gasteiger partial charge in [0.1, 0.15) is 18.2 Å². The molecule has 0 bridgehead atoms. The third kappa shape index (κ3) is 5.82. The number of carbonyl (C=O) groups is 1. The van der Waals surface area contributed by atoms with Crippen LogP contribution in [0.4, 0.5) is 10.2 Å². The summed E-state index contributed by atoms with van der Waals surface area (Å²) in [6.07, 6.45) is 3.36. The number of fused-ring (bicyclic) bond motifs is 1. The summed E-state index contributed by atoms with van der Waals surface area (Å²) in [5.41, 5.74) is 3.00. The van der Waals surface area contributed by atoms with Crippen molar-refractivity contribution in [1.29, 1.82) is 5.26 Å². The van der Waals surface area contributed by atoms with Gasteiger partial charge < -0.3 is 19.5 Å². The van der Waals surface area contributed by atoms with Crippen LogP contribution in [0.1, 0.15) is 39.3 Å². The highest BCUT2D eigenvalue weighted by molar-refractivity contribution is 5.85. The molecule has 210 valence electrons. The highest BCUT2D eigenvalue weighted by Gasteiger charge is 2.27. The molecule has 4 aromatic rings. The molecule has 1 atom stereocenters. The molecule has 2 aliphatic rings. The first-order valence-corrected chi connectivity index (χ1v) is 13.4. The predicted octanol–water partition coefficient (Wildman–Crippen LogP) is 3.07. The molecule has 0 saturated carbocycles. The normalized spacial score (nSPS) is 17.3. The fourth-order valence-corrected chi connectivity index (χ4v) is 5.04. The maximum absolute atomic E-state index is 14.2. The Morgan fingerprint density at radius 2 is 2.00 bits per heavy atom. The first kappa shape index (κ1) is 26.6. The van der Waals surface area contributed by atoms with Crippen LogP contribution < -0.4 is 9.64 Å². The van der Waals surface area contributed by atoms with Gasteiger partial charge in [0.25, 0.3) is 0 Å². The number of aromatic nitrogens is 4. The summed E-state index contributed by atoms with van der Waals surface area (Å²) in [6, 6.07) is 13.2. The van der Waals surface area contributed by atoms with Gasteiger partial charge in [-0.05, 0) is 30.7 Å². The van der Waals surface area contributed by atoms with Gasteiger partial charge in [-0.3, -0.25) is 4.90 Å². The van der Waals surface area contributed by atoms with Crippen molar-refractivity contribution < 1.29 is 23.8 Å². The number of ether oxygens (including phenoxy) is 2. The van der Waals surface area contributed by atoms with Gasteiger partial charge in [0.2, 0.25) is 5.88 Å². The molecular weight excluding hydrogens is 529 g/mol. The summed E-state index contributed by atoms with van der Waals surface area (Å²) in [5, 5.41) is 23.1. The van der Waals surface area contributed by atoms with E-state index >= 15 is 0 Å². The second kappa shape index (κ2) is 11.5. The fourth-order valence-electron chi connectivity index (χ4n) is 5.04. The second-order valence-corrected chi connectivity index (χ2v) is 10.1. The Morgan fingerprint density at radius 3 is 2.71 bits per heavy atom. The van der Waals surface area contributed by atoms with E-state index in [0.717, 1.165) is 56.3 Å². The Kier molecular flexibility index (Phi) is 7.45. The van der Waals surface area contributed by atoms with Crippen molar-refractivity contribution in [3.63, 3.8) is 0 Å². The molecule has 41 heavy (non-hydrogen) atoms. The molecule has 0 amide bonds. The lowest BCUT2D eigenvalue weighted by atomic mass is 10.0. The zero-order valence-corrected chi connectivity index (χ0v) is 22.2. The number of anilines is 1. The van der Waals surface area contributed by atoms with Crippen LogP contribution in [-0.2, 0) is 24.3 Å². The summed E-state index contributed by atoms with van der Waals surface area (Å²) in [6.45, 7) is 4.43. The standard InChI is InChI=1S/C29H28FN7O4/c30-23-14-19(16-31)4-5-20(23)18-41-27-3-1-2-26(33-27)36-11-9-35(10-12-36)17-25-22(15-21-7-13-40-21)28-32-24(29(38)39)6-8-37(28)34-25/h1-6,8,14,21H,7,9-13,15,17-18H2,(H,38,39). The number of hydrogen-bond donors (Lipinski definition) is 1. The lowest BCUT2D eigenvalue weighted by molar-refractivity contribution is -0.0491. The molecule has 2 fully saturated rings. The van der Waals surface area contributed by atoms with Crippen LogP contribution in [-0.4, -0.2) is 74.4 Å². The molecular formula is C29H28FN7O4. The van der Waals surface area contributed by atoms with Crippen LogP contribution in [0.5, 0.6) is 5.88 Å². The highest BCUT2D eigenvalue weighted by atomic mass is 19.1. The minimum Gasteiger partial charge on any atom is -0.477 e. The number of piperazine rings is 1. The van der Waals surface area contributed by atoms with Crippen molar-refractivity contribution in [1.82, 2.24) is 24.5 Å². The number of benzene rings is 1. The summed E-state index contributed by atoms with van der Waals surface area (Å²) >= 11 is 0. The maximum atomic E-state index is 14.2. The molecule has 12 heteroatoms. The average Bonchev–Trinajstić information content (AvgIpc) is 3.30. The number of rotatable bonds is 9. The van der Waals surface area contributed by atoms with Crippen LogP contribution >= 0.6 is 0 Å². The van der Waals surface area contributed by atoms with E-state index in [9.17, 15) is 14.3 Å². The molecule has 0 aliphatic carbocycles. The number of aromatic carboxylic acids is 1. The monoisotopic (exact) mass is 557 g/mol. The minimum absolute atomic E-state index is 0.00547. The Morgan fingerprint density at radius 1 is 1.17 bits per heavy atom. The van der Waals surface area contributed by atoms with Gasteiger partial charge in [-0.25, -0.2) is 18.7 Å². The summed E-state index contributed by atoms with van der Waals surface area (Å²) in [7, 11) is 0. The van der Waals surface area contributed by atoms with Crippen molar-refractivity contribution >= 4 is 17.4 Å². The number of pyridine rings is 1. The zero-order valence-electron chi connectivity index (χ0n) is 22.2. The number of carboxylic acid groups (broad SMARTS) is 1. The third-order valence-corrected chi connectivity index (χ3v) is 7.44. The SMILES string of the molecule is N#Cc1ccc(COc2cccc(N3CCN(Cc4nn5ccc(C(=O)O)nc5c4CC4CCO4)CC3)n2)c(F)c1. The number of halogens is 1. The van der Waals surface area contributed by atoms with Crippen LogP contribution in [0.2, 0.25) is 0 Å². The largest absolute Gasteiger partial charge is 0.477 e. The van der Waals surface area contributed by atoms with E-state index in [2.05, 4.69) is 19.8 Å². The van der Waals surface area contributed by atoms with Crippen LogP contribution in [0.15, 0.2) is 48.7 Å². The van der Waals surface area contributed by atoms with Crippen LogP contribution in [0.3, 0.4) is 0 Å². The zero-order chi connectivity index (χ0) is 28.3. The van der Waals surface area contributed by atoms with E-state index in [1.54, 1.807) is 28.9 Å². The lowest BCUT2D eigenvalue weighted by Crippen LogP contribution is -2.46. The molecule has 5 heterocycles. The molecule has 2 saturated heterocycles. The topological polar surface area (TPSA) is 129 Å². The molecule has 6 rings (SSSR count). The molecule has 2 aliphatic heterocycles. The maximum Gasteiger partial charge on any atom is 0.354 e. The number of carboxylic acids is 1. The Labute approximate surface area is 235 Å². The van der Waals surface area contributed by atoms with Gasteiger partial charge in [0.15, 0.2) is 11.3 Å². The van der Waals surface area contributed by atoms with Gasteiger partial charge in [0, 0.05) is 69.1 Å². The number of nitrogens with zero attached hydrogens (tertiary/aromatic N) is 7. The van der Waals surface area contributed by atoms with E-state index in [0.29, 0.717) is 30.1 Å². The second-order valence-electron chi connectivity index (χ2n) is 10.1. The predicted molar refractivity (Wildman–Crippen MR) is 145 cm³/mol. The molecule has 1 unspecified atom stereocenters. The minimum atomic E-state index is -1.07. The van der Waals surface area contributed by atoms with Gasteiger partial charge in [0.05, 0.1) is 23.4 Å². The van der Waals surface area contributed by atoms with Crippen molar-refractivity contribution in [2.75, 3.05) is 37.7 Å². The molecule has 3 aromatic heterocycles.